The number of nitrogens with zero attached hydrogens (tertiary/aromatic N) is 2. The van der Waals surface area contributed by atoms with Crippen LogP contribution in [0.4, 0.5) is 5.69 Å². The van der Waals surface area contributed by atoms with Crippen LogP contribution in [0.1, 0.15) is 42.4 Å². The fourth-order valence-electron chi connectivity index (χ4n) is 2.50. The van der Waals surface area contributed by atoms with E-state index < -0.39 is 0 Å². The molecule has 1 unspecified atom stereocenters. The summed E-state index contributed by atoms with van der Waals surface area (Å²) in [6, 6.07) is 5.31. The van der Waals surface area contributed by atoms with Crippen LogP contribution >= 0.6 is 11.5 Å². The summed E-state index contributed by atoms with van der Waals surface area (Å²) in [6.07, 6.45) is 0.659. The molecule has 110 valence electrons. The van der Waals surface area contributed by atoms with Crippen LogP contribution in [0.15, 0.2) is 23.6 Å². The normalized spacial score (nSPS) is 19.4. The Kier molecular flexibility index (Phi) is 3.29. The minimum Gasteiger partial charge on any atom is -0.487 e. The van der Waals surface area contributed by atoms with Gasteiger partial charge in [0.25, 0.3) is 5.91 Å². The van der Waals surface area contributed by atoms with Gasteiger partial charge in [0, 0.05) is 23.1 Å². The molecule has 0 radical (unpaired) electrons. The highest BCUT2D eigenvalue weighted by molar-refractivity contribution is 7.03. The Morgan fingerprint density at radius 2 is 2.33 bits per heavy atom. The molecule has 3 rings (SSSR count). The molecule has 2 heterocycles. The third-order valence-corrected chi connectivity index (χ3v) is 3.89. The average molecular weight is 304 g/mol. The molecule has 0 fully saturated rings. The van der Waals surface area contributed by atoms with Crippen LogP contribution in [0, 0.1) is 0 Å². The van der Waals surface area contributed by atoms with E-state index in [2.05, 4.69) is 14.9 Å². The van der Waals surface area contributed by atoms with Crippen molar-refractivity contribution in [3.8, 4) is 5.75 Å². The number of fused-ring (bicyclic) bond motifs is 1. The van der Waals surface area contributed by atoms with Crippen LogP contribution in [0.5, 0.6) is 5.75 Å². The fourth-order valence-corrected chi connectivity index (χ4v) is 2.93. The van der Waals surface area contributed by atoms with Crippen molar-refractivity contribution in [1.82, 2.24) is 14.9 Å². The van der Waals surface area contributed by atoms with Crippen molar-refractivity contribution < 1.29 is 9.53 Å². The summed E-state index contributed by atoms with van der Waals surface area (Å²) in [7, 11) is 0. The topological polar surface area (TPSA) is 90.1 Å². The molecule has 0 bridgehead atoms. The Balaban J connectivity index is 1.91. The molecule has 6 nitrogen and oxygen atoms in total. The monoisotopic (exact) mass is 304 g/mol. The van der Waals surface area contributed by atoms with Crippen molar-refractivity contribution in [2.75, 3.05) is 5.73 Å². The first-order valence-corrected chi connectivity index (χ1v) is 7.45. The van der Waals surface area contributed by atoms with Crippen LogP contribution < -0.4 is 15.8 Å². The van der Waals surface area contributed by atoms with Crippen LogP contribution in [-0.2, 0) is 0 Å². The Bertz CT molecular complexity index is 670. The number of carbonyl (C=O) groups excluding carboxylic acids is 1. The van der Waals surface area contributed by atoms with Crippen LogP contribution in [-0.4, -0.2) is 21.1 Å². The second-order valence-corrected chi connectivity index (χ2v) is 6.29. The predicted molar refractivity (Wildman–Crippen MR) is 80.3 cm³/mol. The van der Waals surface area contributed by atoms with E-state index in [1.54, 1.807) is 11.4 Å². The van der Waals surface area contributed by atoms with E-state index in [9.17, 15) is 4.79 Å². The molecule has 2 aromatic rings. The Hall–Kier alpha value is -2.15. The average Bonchev–Trinajstić information content (AvgIpc) is 2.93. The second-order valence-electron chi connectivity index (χ2n) is 5.68. The van der Waals surface area contributed by atoms with E-state index >= 15 is 0 Å². The van der Waals surface area contributed by atoms with Gasteiger partial charge in [-0.2, -0.15) is 0 Å². The largest absolute Gasteiger partial charge is 0.487 e. The zero-order valence-corrected chi connectivity index (χ0v) is 12.6. The smallest absolute Gasteiger partial charge is 0.273 e. The van der Waals surface area contributed by atoms with Gasteiger partial charge >= 0.3 is 0 Å². The van der Waals surface area contributed by atoms with Crippen molar-refractivity contribution in [2.24, 2.45) is 0 Å². The number of hydrogen-bond donors (Lipinski definition) is 2. The predicted octanol–water partition coefficient (Wildman–Crippen LogP) is 2.15. The van der Waals surface area contributed by atoms with Crippen molar-refractivity contribution in [2.45, 2.75) is 31.9 Å². The van der Waals surface area contributed by atoms with Crippen LogP contribution in [0.2, 0.25) is 0 Å². The number of hydrogen-bond acceptors (Lipinski definition) is 6. The number of benzene rings is 1. The summed E-state index contributed by atoms with van der Waals surface area (Å²) >= 11 is 1.15. The van der Waals surface area contributed by atoms with E-state index in [1.165, 1.54) is 0 Å². The maximum absolute atomic E-state index is 12.2. The molecular weight excluding hydrogens is 288 g/mol. The minimum absolute atomic E-state index is 0.165. The Labute approximate surface area is 126 Å². The SMILES string of the molecule is CC1(C)CC(NC(=O)c2csnn2)c2cc(N)ccc2O1. The van der Waals surface area contributed by atoms with Gasteiger partial charge in [-0.25, -0.2) is 0 Å². The number of anilines is 1. The van der Waals surface area contributed by atoms with E-state index in [1.807, 2.05) is 26.0 Å². The first-order valence-electron chi connectivity index (χ1n) is 6.61. The third kappa shape index (κ3) is 2.82. The molecule has 0 saturated carbocycles. The molecule has 0 spiro atoms. The molecule has 1 aromatic heterocycles. The third-order valence-electron chi connectivity index (χ3n) is 3.39. The lowest BCUT2D eigenvalue weighted by molar-refractivity contribution is 0.0618. The van der Waals surface area contributed by atoms with Crippen molar-refractivity contribution in [3.05, 3.63) is 34.8 Å². The van der Waals surface area contributed by atoms with Crippen LogP contribution in [0.25, 0.3) is 0 Å². The van der Waals surface area contributed by atoms with E-state index in [0.29, 0.717) is 17.8 Å². The molecule has 1 amide bonds. The summed E-state index contributed by atoms with van der Waals surface area (Å²) < 4.78 is 9.65. The lowest BCUT2D eigenvalue weighted by Crippen LogP contribution is -2.41. The van der Waals surface area contributed by atoms with Gasteiger partial charge < -0.3 is 15.8 Å². The summed E-state index contributed by atoms with van der Waals surface area (Å²) in [5, 5.41) is 8.41. The zero-order chi connectivity index (χ0) is 15.0. The first-order chi connectivity index (χ1) is 9.94. The van der Waals surface area contributed by atoms with E-state index in [-0.39, 0.29) is 17.6 Å². The number of nitrogens with two attached hydrogens (primary N) is 1. The number of rotatable bonds is 2. The van der Waals surface area contributed by atoms with Crippen molar-refractivity contribution in [3.63, 3.8) is 0 Å². The standard InChI is InChI=1S/C14H16N4O2S/c1-14(2)6-10(16-13(19)11-7-21-18-17-11)9-5-8(15)3-4-12(9)20-14/h3-5,7,10H,6,15H2,1-2H3,(H,16,19). The summed E-state index contributed by atoms with van der Waals surface area (Å²) in [5.74, 6) is 0.516. The highest BCUT2D eigenvalue weighted by Gasteiger charge is 2.35. The molecule has 1 aromatic carbocycles. The molecular formula is C14H16N4O2S. The van der Waals surface area contributed by atoms with Gasteiger partial charge in [0.05, 0.1) is 6.04 Å². The molecule has 21 heavy (non-hydrogen) atoms. The van der Waals surface area contributed by atoms with Crippen molar-refractivity contribution in [1.29, 1.82) is 0 Å². The van der Waals surface area contributed by atoms with Gasteiger partial charge in [-0.1, -0.05) is 4.49 Å². The number of ether oxygens (including phenoxy) is 1. The van der Waals surface area contributed by atoms with Gasteiger partial charge in [0.15, 0.2) is 5.69 Å². The van der Waals surface area contributed by atoms with Gasteiger partial charge in [-0.3, -0.25) is 4.79 Å². The quantitative estimate of drug-likeness (QED) is 0.830. The number of nitrogens with one attached hydrogen (secondary N) is 1. The Morgan fingerprint density at radius 3 is 3.05 bits per heavy atom. The van der Waals surface area contributed by atoms with Gasteiger partial charge in [-0.15, -0.1) is 5.10 Å². The zero-order valence-electron chi connectivity index (χ0n) is 11.8. The van der Waals surface area contributed by atoms with Gasteiger partial charge in [0.1, 0.15) is 11.4 Å². The highest BCUT2D eigenvalue weighted by Crippen LogP contribution is 2.40. The number of nitrogen functional groups attached to an aromatic ring is 1. The molecule has 3 N–H and O–H groups in total. The van der Waals surface area contributed by atoms with Crippen molar-refractivity contribution >= 4 is 23.1 Å². The number of aromatic nitrogens is 2. The molecule has 0 saturated heterocycles. The molecule has 1 aliphatic rings. The van der Waals surface area contributed by atoms with Gasteiger partial charge in [0.2, 0.25) is 0 Å². The van der Waals surface area contributed by atoms with E-state index in [4.69, 9.17) is 10.5 Å². The maximum Gasteiger partial charge on any atom is 0.273 e. The summed E-state index contributed by atoms with van der Waals surface area (Å²) in [4.78, 5) is 12.2. The maximum atomic E-state index is 12.2. The highest BCUT2D eigenvalue weighted by atomic mass is 32.1. The molecule has 1 atom stereocenters. The fraction of sp³-hybridized carbons (Fsp3) is 0.357. The number of carbonyl (C=O) groups is 1. The second kappa shape index (κ2) is 5.00. The van der Waals surface area contributed by atoms with Crippen LogP contribution in [0.3, 0.4) is 0 Å². The lowest BCUT2D eigenvalue weighted by Gasteiger charge is -2.37. The van der Waals surface area contributed by atoms with E-state index in [0.717, 1.165) is 22.8 Å². The molecule has 0 aliphatic carbocycles. The molecule has 7 heteroatoms. The summed E-state index contributed by atoms with van der Waals surface area (Å²) in [5.41, 5.74) is 7.36. The Morgan fingerprint density at radius 1 is 1.52 bits per heavy atom. The first kappa shape index (κ1) is 13.8. The molecule has 1 aliphatic heterocycles. The lowest BCUT2D eigenvalue weighted by atomic mass is 9.89. The minimum atomic E-state index is -0.360. The summed E-state index contributed by atoms with van der Waals surface area (Å²) in [6.45, 7) is 3.99. The number of amides is 1. The van der Waals surface area contributed by atoms with Gasteiger partial charge in [-0.05, 0) is 43.6 Å².